The van der Waals surface area contributed by atoms with Crippen molar-refractivity contribution in [2.75, 3.05) is 12.4 Å². The van der Waals surface area contributed by atoms with Crippen LogP contribution in [0.2, 0.25) is 0 Å². The Labute approximate surface area is 181 Å². The molecule has 1 aromatic carbocycles. The molecule has 0 aliphatic carbocycles. The largest absolute Gasteiger partial charge is 0.481 e. The van der Waals surface area contributed by atoms with Crippen molar-refractivity contribution in [2.24, 2.45) is 0 Å². The minimum atomic E-state index is -0.126. The van der Waals surface area contributed by atoms with Crippen molar-refractivity contribution in [1.29, 1.82) is 0 Å². The van der Waals surface area contributed by atoms with Crippen LogP contribution in [0.5, 0.6) is 5.88 Å². The molecule has 6 heteroatoms. The monoisotopic (exact) mass is 412 g/mol. The number of fused-ring (bicyclic) bond motifs is 1. The molecule has 1 amide bonds. The quantitative estimate of drug-likeness (QED) is 0.388. The second-order valence-electron chi connectivity index (χ2n) is 7.17. The first kappa shape index (κ1) is 20.3. The number of methoxy groups -OCH3 is 1. The van der Waals surface area contributed by atoms with Crippen LogP contribution in [0.4, 0.5) is 5.69 Å². The van der Waals surface area contributed by atoms with Crippen molar-refractivity contribution in [1.82, 2.24) is 15.0 Å². The predicted molar refractivity (Wildman–Crippen MR) is 124 cm³/mol. The molecule has 156 valence electrons. The number of amides is 1. The first-order valence-corrected chi connectivity index (χ1v) is 10.2. The van der Waals surface area contributed by atoms with Gasteiger partial charge in [-0.25, -0.2) is 9.97 Å². The van der Waals surface area contributed by atoms with Gasteiger partial charge in [0.05, 0.1) is 7.11 Å². The lowest BCUT2D eigenvalue weighted by atomic mass is 10.0. The summed E-state index contributed by atoms with van der Waals surface area (Å²) in [6.07, 6.45) is 10.9. The molecule has 0 bridgehead atoms. The summed E-state index contributed by atoms with van der Waals surface area (Å²) in [5.74, 6) is 0.436. The highest BCUT2D eigenvalue weighted by atomic mass is 16.5. The Hall–Kier alpha value is -3.93. The third-order valence-electron chi connectivity index (χ3n) is 4.97. The molecule has 6 nitrogen and oxygen atoms in total. The highest BCUT2D eigenvalue weighted by Crippen LogP contribution is 2.32. The Morgan fingerprint density at radius 1 is 1.13 bits per heavy atom. The van der Waals surface area contributed by atoms with Gasteiger partial charge in [-0.1, -0.05) is 31.6 Å². The van der Waals surface area contributed by atoms with E-state index in [4.69, 9.17) is 4.74 Å². The van der Waals surface area contributed by atoms with Crippen molar-refractivity contribution in [2.45, 2.75) is 19.8 Å². The van der Waals surface area contributed by atoms with E-state index in [0.29, 0.717) is 5.88 Å². The molecule has 4 aromatic rings. The average Bonchev–Trinajstić information content (AvgIpc) is 3.23. The maximum absolute atomic E-state index is 12.1. The molecule has 3 heterocycles. The minimum Gasteiger partial charge on any atom is -0.481 e. The zero-order valence-electron chi connectivity index (χ0n) is 17.6. The number of nitrogens with zero attached hydrogens (tertiary/aromatic N) is 2. The number of hydrogen-bond donors (Lipinski definition) is 2. The normalized spacial score (nSPS) is 11.2. The van der Waals surface area contributed by atoms with Gasteiger partial charge in [-0.15, -0.1) is 0 Å². The average molecular weight is 412 g/mol. The van der Waals surface area contributed by atoms with Crippen LogP contribution < -0.4 is 10.1 Å². The molecule has 0 atom stereocenters. The van der Waals surface area contributed by atoms with Gasteiger partial charge >= 0.3 is 0 Å². The van der Waals surface area contributed by atoms with Gasteiger partial charge in [-0.05, 0) is 47.9 Å². The van der Waals surface area contributed by atoms with Crippen molar-refractivity contribution >= 4 is 22.6 Å². The minimum absolute atomic E-state index is 0.126. The van der Waals surface area contributed by atoms with E-state index >= 15 is 0 Å². The van der Waals surface area contributed by atoms with Crippen LogP contribution in [-0.4, -0.2) is 28.0 Å². The van der Waals surface area contributed by atoms with Gasteiger partial charge in [0.15, 0.2) is 0 Å². The molecule has 31 heavy (non-hydrogen) atoms. The first-order valence-electron chi connectivity index (χ1n) is 10.2. The highest BCUT2D eigenvalue weighted by molar-refractivity contribution is 6.00. The molecule has 0 unspecified atom stereocenters. The van der Waals surface area contributed by atoms with Gasteiger partial charge in [-0.2, -0.15) is 0 Å². The summed E-state index contributed by atoms with van der Waals surface area (Å²) in [4.78, 5) is 24.1. The molecule has 0 saturated carbocycles. The lowest BCUT2D eigenvalue weighted by molar-refractivity contribution is -0.111. The molecule has 0 fully saturated rings. The van der Waals surface area contributed by atoms with Crippen LogP contribution in [0, 0.1) is 0 Å². The molecular formula is C25H24N4O2. The molecule has 0 radical (unpaired) electrons. The standard InChI is InChI=1S/C25H24N4O2/c1-3-4-5-9-23(30)29-20-8-6-7-17(12-20)19-13-21-22(16-28-25(21)27-15-19)18-10-11-26-24(14-18)31-2/h5-16H,3-4H2,1-2H3,(H,27,28)(H,29,30)/b9-5+. The number of unbranched alkanes of at least 4 members (excludes halogenated alkanes) is 1. The van der Waals surface area contributed by atoms with Crippen LogP contribution in [0.3, 0.4) is 0 Å². The summed E-state index contributed by atoms with van der Waals surface area (Å²) in [6.45, 7) is 2.08. The molecular weight excluding hydrogens is 388 g/mol. The van der Waals surface area contributed by atoms with Gasteiger partial charge < -0.3 is 15.0 Å². The number of benzene rings is 1. The van der Waals surface area contributed by atoms with E-state index in [9.17, 15) is 4.79 Å². The summed E-state index contributed by atoms with van der Waals surface area (Å²) in [6, 6.07) is 13.7. The molecule has 3 aromatic heterocycles. The maximum atomic E-state index is 12.1. The molecule has 0 aliphatic heterocycles. The van der Waals surface area contributed by atoms with Crippen molar-refractivity contribution in [3.8, 4) is 28.1 Å². The molecule has 0 saturated heterocycles. The Bertz CT molecular complexity index is 1240. The highest BCUT2D eigenvalue weighted by Gasteiger charge is 2.11. The first-order chi connectivity index (χ1) is 15.2. The van der Waals surface area contributed by atoms with Crippen molar-refractivity contribution < 1.29 is 9.53 Å². The number of allylic oxidation sites excluding steroid dienone is 1. The van der Waals surface area contributed by atoms with Gasteiger partial charge in [0.2, 0.25) is 11.8 Å². The third-order valence-corrected chi connectivity index (χ3v) is 4.97. The number of ether oxygens (including phenoxy) is 1. The molecule has 4 rings (SSSR count). The SMILES string of the molecule is CCC/C=C/C(=O)Nc1cccc(-c2cnc3[nH]cc(-c4ccnc(OC)c4)c3c2)c1. The Morgan fingerprint density at radius 2 is 2.03 bits per heavy atom. The predicted octanol–water partition coefficient (Wildman–Crippen LogP) is 5.60. The number of H-pyrrole nitrogens is 1. The second-order valence-corrected chi connectivity index (χ2v) is 7.17. The van der Waals surface area contributed by atoms with E-state index in [-0.39, 0.29) is 5.91 Å². The van der Waals surface area contributed by atoms with Crippen LogP contribution >= 0.6 is 0 Å². The summed E-state index contributed by atoms with van der Waals surface area (Å²) in [7, 11) is 1.60. The van der Waals surface area contributed by atoms with Crippen molar-refractivity contribution in [3.05, 3.63) is 73.2 Å². The van der Waals surface area contributed by atoms with Crippen LogP contribution in [0.25, 0.3) is 33.3 Å². The van der Waals surface area contributed by atoms with Gasteiger partial charge in [0.1, 0.15) is 5.65 Å². The van der Waals surface area contributed by atoms with E-state index in [1.54, 1.807) is 19.4 Å². The third kappa shape index (κ3) is 4.64. The van der Waals surface area contributed by atoms with E-state index in [2.05, 4.69) is 33.3 Å². The summed E-state index contributed by atoms with van der Waals surface area (Å²) >= 11 is 0. The van der Waals surface area contributed by atoms with E-state index < -0.39 is 0 Å². The zero-order chi connectivity index (χ0) is 21.6. The number of carbonyl (C=O) groups excluding carboxylic acids is 1. The van der Waals surface area contributed by atoms with Gasteiger partial charge in [0.25, 0.3) is 0 Å². The smallest absolute Gasteiger partial charge is 0.248 e. The van der Waals surface area contributed by atoms with E-state index in [1.165, 1.54) is 0 Å². The van der Waals surface area contributed by atoms with Crippen LogP contribution in [-0.2, 0) is 4.79 Å². The van der Waals surface area contributed by atoms with Gasteiger partial charge in [0, 0.05) is 46.9 Å². The van der Waals surface area contributed by atoms with Crippen LogP contribution in [0.15, 0.2) is 73.2 Å². The number of aromatic amines is 1. The number of anilines is 1. The number of pyridine rings is 2. The zero-order valence-corrected chi connectivity index (χ0v) is 17.6. The number of aromatic nitrogens is 3. The fourth-order valence-electron chi connectivity index (χ4n) is 3.41. The Balaban J connectivity index is 1.65. The van der Waals surface area contributed by atoms with Gasteiger partial charge in [-0.3, -0.25) is 4.79 Å². The maximum Gasteiger partial charge on any atom is 0.248 e. The fourth-order valence-corrected chi connectivity index (χ4v) is 3.41. The van der Waals surface area contributed by atoms with Crippen molar-refractivity contribution in [3.63, 3.8) is 0 Å². The fraction of sp³-hybridized carbons (Fsp3) is 0.160. The lowest BCUT2D eigenvalue weighted by Gasteiger charge is -2.07. The summed E-state index contributed by atoms with van der Waals surface area (Å²) in [5, 5.41) is 3.92. The Morgan fingerprint density at radius 3 is 2.87 bits per heavy atom. The summed E-state index contributed by atoms with van der Waals surface area (Å²) in [5.41, 5.74) is 5.51. The number of rotatable bonds is 7. The number of carbonyl (C=O) groups is 1. The summed E-state index contributed by atoms with van der Waals surface area (Å²) < 4.78 is 5.26. The number of nitrogens with one attached hydrogen (secondary N) is 2. The number of hydrogen-bond acceptors (Lipinski definition) is 4. The Kier molecular flexibility index (Phi) is 6.08. The topological polar surface area (TPSA) is 79.9 Å². The van der Waals surface area contributed by atoms with Crippen LogP contribution in [0.1, 0.15) is 19.8 Å². The second kappa shape index (κ2) is 9.26. The van der Waals surface area contributed by atoms with E-state index in [0.717, 1.165) is 51.8 Å². The lowest BCUT2D eigenvalue weighted by Crippen LogP contribution is -2.07. The molecule has 0 spiro atoms. The molecule has 2 N–H and O–H groups in total. The van der Waals surface area contributed by atoms with E-state index in [1.807, 2.05) is 54.9 Å². The molecule has 0 aliphatic rings.